The molecular weight excluding hydrogens is 258 g/mol. The van der Waals surface area contributed by atoms with Gasteiger partial charge in [0.2, 0.25) is 5.91 Å². The molecule has 2 aliphatic heterocycles. The maximum absolute atomic E-state index is 11.1. The predicted octanol–water partition coefficient (Wildman–Crippen LogP) is -2.92. The second kappa shape index (κ2) is 5.31. The van der Waals surface area contributed by atoms with Crippen molar-refractivity contribution in [3.05, 3.63) is 0 Å². The van der Waals surface area contributed by atoms with Crippen LogP contribution < -0.4 is 5.32 Å². The first-order valence-electron chi connectivity index (χ1n) is 6.13. The van der Waals surface area contributed by atoms with Crippen LogP contribution in [0.3, 0.4) is 0 Å². The number of fused-ring (bicyclic) bond motifs is 2. The lowest BCUT2D eigenvalue weighted by Crippen LogP contribution is -2.59. The SMILES string of the molecule is CC(=O)N[C@H]1[C@H]2O[C@@](CO)(C[C@@H]1O)O[C@H]2[C@H](O)CO. The van der Waals surface area contributed by atoms with Gasteiger partial charge in [0.25, 0.3) is 0 Å². The van der Waals surface area contributed by atoms with Crippen LogP contribution in [0, 0.1) is 0 Å². The van der Waals surface area contributed by atoms with Crippen molar-refractivity contribution < 1.29 is 34.7 Å². The number of carbonyl (C=O) groups excluding carboxylic acids is 1. The highest BCUT2D eigenvalue weighted by Crippen LogP contribution is 2.41. The minimum absolute atomic E-state index is 0.0282. The van der Waals surface area contributed by atoms with Crippen molar-refractivity contribution in [2.24, 2.45) is 0 Å². The van der Waals surface area contributed by atoms with E-state index in [0.29, 0.717) is 0 Å². The third kappa shape index (κ3) is 2.60. The van der Waals surface area contributed by atoms with E-state index < -0.39 is 49.5 Å². The average Bonchev–Trinajstić information content (AvgIpc) is 2.69. The molecule has 0 aromatic rings. The van der Waals surface area contributed by atoms with Crippen LogP contribution in [-0.2, 0) is 14.3 Å². The van der Waals surface area contributed by atoms with Crippen molar-refractivity contribution in [1.82, 2.24) is 5.32 Å². The Labute approximate surface area is 109 Å². The minimum atomic E-state index is -1.39. The third-order valence-electron chi connectivity index (χ3n) is 3.49. The molecular formula is C11H19NO7. The van der Waals surface area contributed by atoms with Crippen LogP contribution in [0.5, 0.6) is 0 Å². The monoisotopic (exact) mass is 277 g/mol. The molecule has 0 aromatic carbocycles. The molecule has 2 saturated heterocycles. The number of ether oxygens (including phenoxy) is 2. The van der Waals surface area contributed by atoms with Crippen molar-refractivity contribution >= 4 is 5.91 Å². The Morgan fingerprint density at radius 3 is 2.68 bits per heavy atom. The van der Waals surface area contributed by atoms with Gasteiger partial charge in [0, 0.05) is 13.3 Å². The van der Waals surface area contributed by atoms with E-state index in [0.717, 1.165) is 0 Å². The standard InChI is InChI=1S/C11H19NO7/c1-5(15)12-8-6(16)2-11(4-14)18-9(7(17)3-13)10(8)19-11/h6-10,13-14,16-17H,2-4H2,1H3,(H,12,15)/t6-,7+,8+,9-,10+,11+/m0/s1. The topological polar surface area (TPSA) is 128 Å². The quantitative estimate of drug-likeness (QED) is 0.372. The summed E-state index contributed by atoms with van der Waals surface area (Å²) >= 11 is 0. The van der Waals surface area contributed by atoms with Crippen LogP contribution in [-0.4, -0.2) is 75.8 Å². The summed E-state index contributed by atoms with van der Waals surface area (Å²) in [4.78, 5) is 11.1. The zero-order chi connectivity index (χ0) is 14.2. The smallest absolute Gasteiger partial charge is 0.217 e. The summed E-state index contributed by atoms with van der Waals surface area (Å²) in [5.41, 5.74) is 0. The number of hydrogen-bond acceptors (Lipinski definition) is 7. The average molecular weight is 277 g/mol. The van der Waals surface area contributed by atoms with E-state index in [1.54, 1.807) is 0 Å². The zero-order valence-electron chi connectivity index (χ0n) is 10.5. The summed E-state index contributed by atoms with van der Waals surface area (Å²) in [5.74, 6) is -1.74. The molecule has 8 heteroatoms. The van der Waals surface area contributed by atoms with Crippen LogP contribution in [0.25, 0.3) is 0 Å². The maximum Gasteiger partial charge on any atom is 0.217 e. The van der Waals surface area contributed by atoms with Crippen LogP contribution >= 0.6 is 0 Å². The molecule has 2 rings (SSSR count). The first-order chi connectivity index (χ1) is 8.92. The second-order valence-electron chi connectivity index (χ2n) is 4.98. The normalized spacial score (nSPS) is 43.0. The highest BCUT2D eigenvalue weighted by atomic mass is 16.8. The molecule has 0 saturated carbocycles. The summed E-state index contributed by atoms with van der Waals surface area (Å²) in [6.45, 7) is 0.269. The Balaban J connectivity index is 2.23. The number of carbonyl (C=O) groups is 1. The molecule has 0 unspecified atom stereocenters. The van der Waals surface area contributed by atoms with Crippen molar-refractivity contribution in [2.45, 2.75) is 49.6 Å². The van der Waals surface area contributed by atoms with Crippen LogP contribution in [0.4, 0.5) is 0 Å². The number of nitrogens with one attached hydrogen (secondary N) is 1. The molecule has 0 radical (unpaired) electrons. The molecule has 2 aliphatic rings. The molecule has 6 atom stereocenters. The van der Waals surface area contributed by atoms with Gasteiger partial charge < -0.3 is 35.2 Å². The maximum atomic E-state index is 11.1. The molecule has 5 N–H and O–H groups in total. The van der Waals surface area contributed by atoms with Crippen molar-refractivity contribution in [1.29, 1.82) is 0 Å². The Morgan fingerprint density at radius 1 is 1.47 bits per heavy atom. The number of amides is 1. The van der Waals surface area contributed by atoms with E-state index in [1.807, 2.05) is 0 Å². The molecule has 2 bridgehead atoms. The fourth-order valence-electron chi connectivity index (χ4n) is 2.65. The number of aliphatic hydroxyl groups is 4. The molecule has 2 heterocycles. The van der Waals surface area contributed by atoms with Crippen molar-refractivity contribution in [3.8, 4) is 0 Å². The fourth-order valence-corrected chi connectivity index (χ4v) is 2.65. The van der Waals surface area contributed by atoms with Crippen molar-refractivity contribution in [2.75, 3.05) is 13.2 Å². The van der Waals surface area contributed by atoms with Gasteiger partial charge in [-0.25, -0.2) is 0 Å². The molecule has 110 valence electrons. The van der Waals surface area contributed by atoms with E-state index in [9.17, 15) is 20.1 Å². The summed E-state index contributed by atoms with van der Waals surface area (Å²) in [5, 5.41) is 40.6. The molecule has 19 heavy (non-hydrogen) atoms. The minimum Gasteiger partial charge on any atom is -0.394 e. The van der Waals surface area contributed by atoms with Gasteiger partial charge in [0.1, 0.15) is 18.3 Å². The molecule has 0 aromatic heterocycles. The van der Waals surface area contributed by atoms with Gasteiger partial charge in [-0.05, 0) is 0 Å². The molecule has 2 fully saturated rings. The fraction of sp³-hybridized carbons (Fsp3) is 0.909. The number of rotatable bonds is 4. The summed E-state index contributed by atoms with van der Waals surface area (Å²) in [7, 11) is 0. The van der Waals surface area contributed by atoms with E-state index in [-0.39, 0.29) is 12.3 Å². The summed E-state index contributed by atoms with van der Waals surface area (Å²) < 4.78 is 11.0. The lowest BCUT2D eigenvalue weighted by molar-refractivity contribution is -0.240. The van der Waals surface area contributed by atoms with E-state index in [4.69, 9.17) is 14.6 Å². The Hall–Kier alpha value is -0.770. The lowest BCUT2D eigenvalue weighted by atomic mass is 9.92. The van der Waals surface area contributed by atoms with Crippen LogP contribution in [0.1, 0.15) is 13.3 Å². The lowest BCUT2D eigenvalue weighted by Gasteiger charge is -2.38. The molecule has 0 aliphatic carbocycles. The van der Waals surface area contributed by atoms with Gasteiger partial charge in [-0.15, -0.1) is 0 Å². The van der Waals surface area contributed by atoms with Crippen LogP contribution in [0.15, 0.2) is 0 Å². The molecule has 0 spiro atoms. The van der Waals surface area contributed by atoms with Gasteiger partial charge in [-0.1, -0.05) is 0 Å². The molecule has 1 amide bonds. The Bertz CT molecular complexity index is 352. The predicted molar refractivity (Wildman–Crippen MR) is 60.9 cm³/mol. The van der Waals surface area contributed by atoms with Crippen molar-refractivity contribution in [3.63, 3.8) is 0 Å². The van der Waals surface area contributed by atoms with E-state index >= 15 is 0 Å². The van der Waals surface area contributed by atoms with Gasteiger partial charge in [-0.2, -0.15) is 0 Å². The van der Waals surface area contributed by atoms with Crippen LogP contribution in [0.2, 0.25) is 0 Å². The number of aliphatic hydroxyl groups excluding tert-OH is 4. The van der Waals surface area contributed by atoms with E-state index in [1.165, 1.54) is 6.92 Å². The Morgan fingerprint density at radius 2 is 2.16 bits per heavy atom. The zero-order valence-corrected chi connectivity index (χ0v) is 10.5. The first-order valence-corrected chi connectivity index (χ1v) is 6.13. The van der Waals surface area contributed by atoms with E-state index in [2.05, 4.69) is 5.32 Å². The van der Waals surface area contributed by atoms with Gasteiger partial charge >= 0.3 is 0 Å². The number of hydrogen-bond donors (Lipinski definition) is 5. The highest BCUT2D eigenvalue weighted by Gasteiger charge is 2.59. The molecule has 8 nitrogen and oxygen atoms in total. The second-order valence-corrected chi connectivity index (χ2v) is 4.98. The summed E-state index contributed by atoms with van der Waals surface area (Å²) in [6, 6.07) is -0.758. The van der Waals surface area contributed by atoms with Gasteiger partial charge in [-0.3, -0.25) is 4.79 Å². The largest absolute Gasteiger partial charge is 0.394 e. The van der Waals surface area contributed by atoms with Gasteiger partial charge in [0.15, 0.2) is 5.79 Å². The third-order valence-corrected chi connectivity index (χ3v) is 3.49. The first kappa shape index (κ1) is 14.6. The highest BCUT2D eigenvalue weighted by molar-refractivity contribution is 5.73. The Kier molecular flexibility index (Phi) is 4.09. The summed E-state index contributed by atoms with van der Waals surface area (Å²) in [6.07, 6.45) is -3.97. The van der Waals surface area contributed by atoms with Gasteiger partial charge in [0.05, 0.1) is 25.4 Å².